The number of nitrogens with one attached hydrogen (secondary N) is 1. The largest absolute Gasteiger partial charge is 0.508 e. The van der Waals surface area contributed by atoms with E-state index in [9.17, 15) is 25.4 Å². The Bertz CT molecular complexity index is 797. The number of unbranched alkanes of at least 4 members (excludes halogenated alkanes) is 3. The third-order valence-corrected chi connectivity index (χ3v) is 5.07. The van der Waals surface area contributed by atoms with E-state index < -0.39 is 11.0 Å². The Kier molecular flexibility index (Phi) is 10.9. The van der Waals surface area contributed by atoms with Gasteiger partial charge >= 0.3 is 0 Å². The summed E-state index contributed by atoms with van der Waals surface area (Å²) >= 11 is 0. The van der Waals surface area contributed by atoms with Crippen LogP contribution in [0.15, 0.2) is 42.5 Å². The van der Waals surface area contributed by atoms with Gasteiger partial charge in [0.15, 0.2) is 0 Å². The predicted octanol–water partition coefficient (Wildman–Crippen LogP) is 3.24. The van der Waals surface area contributed by atoms with Crippen LogP contribution in [-0.4, -0.2) is 46.5 Å². The van der Waals surface area contributed by atoms with E-state index in [-0.39, 0.29) is 18.0 Å². The smallest absolute Gasteiger partial charge is 0.269 e. The van der Waals surface area contributed by atoms with Gasteiger partial charge in [0, 0.05) is 30.8 Å². The number of aliphatic hydroxyl groups is 2. The van der Waals surface area contributed by atoms with E-state index >= 15 is 0 Å². The number of hydrogen-bond donors (Lipinski definition) is 4. The summed E-state index contributed by atoms with van der Waals surface area (Å²) in [6, 6.07) is 11.3. The van der Waals surface area contributed by atoms with Crippen LogP contribution in [0.4, 0.5) is 5.69 Å². The molecule has 2 aromatic rings. The molecular formula is C23H32N2O6. The first-order valence-corrected chi connectivity index (χ1v) is 10.6. The molecule has 0 saturated carbocycles. The summed E-state index contributed by atoms with van der Waals surface area (Å²) < 4.78 is 5.63. The van der Waals surface area contributed by atoms with Crippen molar-refractivity contribution in [3.63, 3.8) is 0 Å². The summed E-state index contributed by atoms with van der Waals surface area (Å²) in [6.45, 7) is 2.27. The molecular weight excluding hydrogens is 400 g/mol. The second-order valence-corrected chi connectivity index (χ2v) is 7.47. The number of aliphatic hydroxyl groups excluding tert-OH is 2. The van der Waals surface area contributed by atoms with Crippen molar-refractivity contribution < 1.29 is 25.0 Å². The van der Waals surface area contributed by atoms with Gasteiger partial charge in [-0.25, -0.2) is 0 Å². The minimum atomic E-state index is -0.685. The summed E-state index contributed by atoms with van der Waals surface area (Å²) in [5, 5.41) is 42.8. The number of rotatable bonds is 15. The molecule has 8 heteroatoms. The van der Waals surface area contributed by atoms with Crippen LogP contribution in [-0.2, 0) is 17.8 Å². The van der Waals surface area contributed by atoms with Crippen LogP contribution in [0.5, 0.6) is 5.75 Å². The Hall–Kier alpha value is -2.52. The normalized spacial score (nSPS) is 12.1. The minimum Gasteiger partial charge on any atom is -0.508 e. The lowest BCUT2D eigenvalue weighted by atomic mass is 10.1. The number of phenols is 1. The van der Waals surface area contributed by atoms with Crippen LogP contribution >= 0.6 is 0 Å². The molecule has 0 spiro atoms. The Morgan fingerprint density at radius 2 is 1.77 bits per heavy atom. The number of nitro benzene ring substituents is 1. The molecule has 0 aliphatic carbocycles. The summed E-state index contributed by atoms with van der Waals surface area (Å²) in [5.74, 6) is 0.0294. The number of non-ortho nitro benzene ring substituents is 1. The van der Waals surface area contributed by atoms with E-state index in [0.717, 1.165) is 44.2 Å². The molecule has 31 heavy (non-hydrogen) atoms. The van der Waals surface area contributed by atoms with Gasteiger partial charge in [0.05, 0.1) is 24.2 Å². The molecule has 0 radical (unpaired) electrons. The van der Waals surface area contributed by atoms with E-state index in [1.165, 1.54) is 18.2 Å². The van der Waals surface area contributed by atoms with Gasteiger partial charge in [-0.15, -0.1) is 0 Å². The zero-order valence-corrected chi connectivity index (χ0v) is 17.7. The van der Waals surface area contributed by atoms with Crippen LogP contribution < -0.4 is 5.32 Å². The van der Waals surface area contributed by atoms with Gasteiger partial charge in [-0.1, -0.05) is 31.0 Å². The van der Waals surface area contributed by atoms with Crippen LogP contribution in [0.2, 0.25) is 0 Å². The van der Waals surface area contributed by atoms with E-state index in [1.54, 1.807) is 24.3 Å². The number of ether oxygens (including phenoxy) is 1. The standard InChI is InChI=1S/C23H32N2O6/c26-17-20-15-19(7-10-22(20)27)23(28)16-24-12-3-1-2-4-13-31-14-11-18-5-8-21(9-6-18)25(29)30/h5-10,15,23-24,26-28H,1-4,11-14,16-17H2. The lowest BCUT2D eigenvalue weighted by Crippen LogP contribution is -2.22. The summed E-state index contributed by atoms with van der Waals surface area (Å²) in [5.41, 5.74) is 2.20. The first kappa shape index (κ1) is 24.7. The second-order valence-electron chi connectivity index (χ2n) is 7.47. The molecule has 0 aromatic heterocycles. The van der Waals surface area contributed by atoms with Crippen LogP contribution in [0, 0.1) is 10.1 Å². The van der Waals surface area contributed by atoms with Crippen LogP contribution in [0.25, 0.3) is 0 Å². The highest BCUT2D eigenvalue weighted by molar-refractivity contribution is 5.36. The first-order valence-electron chi connectivity index (χ1n) is 10.6. The Morgan fingerprint density at radius 3 is 2.48 bits per heavy atom. The zero-order chi connectivity index (χ0) is 22.5. The molecule has 0 fully saturated rings. The minimum absolute atomic E-state index is 0.0294. The van der Waals surface area contributed by atoms with Gasteiger partial charge in [-0.2, -0.15) is 0 Å². The lowest BCUT2D eigenvalue weighted by Gasteiger charge is -2.14. The van der Waals surface area contributed by atoms with Crippen molar-refractivity contribution in [3.05, 3.63) is 69.3 Å². The highest BCUT2D eigenvalue weighted by Gasteiger charge is 2.10. The molecule has 0 aliphatic heterocycles. The van der Waals surface area contributed by atoms with Crippen molar-refractivity contribution in [3.8, 4) is 5.75 Å². The number of nitrogens with zero attached hydrogens (tertiary/aromatic N) is 1. The van der Waals surface area contributed by atoms with Gasteiger partial charge in [0.25, 0.3) is 5.69 Å². The fourth-order valence-corrected chi connectivity index (χ4v) is 3.18. The van der Waals surface area contributed by atoms with Crippen molar-refractivity contribution in [2.75, 3.05) is 26.3 Å². The van der Waals surface area contributed by atoms with E-state index in [0.29, 0.717) is 30.9 Å². The average molecular weight is 433 g/mol. The van der Waals surface area contributed by atoms with Gasteiger partial charge < -0.3 is 25.4 Å². The van der Waals surface area contributed by atoms with E-state index in [2.05, 4.69) is 5.32 Å². The molecule has 0 aliphatic rings. The highest BCUT2D eigenvalue weighted by Crippen LogP contribution is 2.22. The summed E-state index contributed by atoms with van der Waals surface area (Å²) in [4.78, 5) is 10.2. The van der Waals surface area contributed by atoms with E-state index in [4.69, 9.17) is 4.74 Å². The Morgan fingerprint density at radius 1 is 1.03 bits per heavy atom. The van der Waals surface area contributed by atoms with Crippen molar-refractivity contribution in [2.45, 2.75) is 44.8 Å². The number of aromatic hydroxyl groups is 1. The number of nitro groups is 1. The fraction of sp³-hybridized carbons (Fsp3) is 0.478. The molecule has 2 aromatic carbocycles. The van der Waals surface area contributed by atoms with Crippen molar-refractivity contribution in [1.82, 2.24) is 5.32 Å². The van der Waals surface area contributed by atoms with Crippen LogP contribution in [0.1, 0.15) is 48.5 Å². The monoisotopic (exact) mass is 432 g/mol. The highest BCUT2D eigenvalue weighted by atomic mass is 16.6. The molecule has 0 amide bonds. The lowest BCUT2D eigenvalue weighted by molar-refractivity contribution is -0.384. The number of hydrogen-bond acceptors (Lipinski definition) is 7. The van der Waals surface area contributed by atoms with Gasteiger partial charge in [-0.3, -0.25) is 10.1 Å². The Balaban J connectivity index is 1.45. The maximum absolute atomic E-state index is 10.6. The summed E-state index contributed by atoms with van der Waals surface area (Å²) in [7, 11) is 0. The Labute approximate surface area is 182 Å². The molecule has 0 bridgehead atoms. The van der Waals surface area contributed by atoms with E-state index in [1.807, 2.05) is 0 Å². The first-order chi connectivity index (χ1) is 15.0. The predicted molar refractivity (Wildman–Crippen MR) is 118 cm³/mol. The molecule has 1 unspecified atom stereocenters. The maximum atomic E-state index is 10.6. The molecule has 0 saturated heterocycles. The van der Waals surface area contributed by atoms with Gasteiger partial charge in [-0.05, 0) is 49.1 Å². The fourth-order valence-electron chi connectivity index (χ4n) is 3.18. The molecule has 170 valence electrons. The van der Waals surface area contributed by atoms with Crippen LogP contribution in [0.3, 0.4) is 0 Å². The molecule has 2 rings (SSSR count). The molecule has 4 N–H and O–H groups in total. The quantitative estimate of drug-likeness (QED) is 0.193. The third-order valence-electron chi connectivity index (χ3n) is 5.07. The SMILES string of the molecule is O=[N+]([O-])c1ccc(CCOCCCCCCNCC(O)c2ccc(O)c(CO)c2)cc1. The zero-order valence-electron chi connectivity index (χ0n) is 17.7. The average Bonchev–Trinajstić information content (AvgIpc) is 2.77. The van der Waals surface area contributed by atoms with Gasteiger partial charge in [0.1, 0.15) is 5.75 Å². The van der Waals surface area contributed by atoms with Crippen molar-refractivity contribution in [1.29, 1.82) is 0 Å². The molecule has 1 atom stereocenters. The summed E-state index contributed by atoms with van der Waals surface area (Å²) in [6.07, 6.45) is 4.19. The molecule has 8 nitrogen and oxygen atoms in total. The number of benzene rings is 2. The van der Waals surface area contributed by atoms with Gasteiger partial charge in [0.2, 0.25) is 0 Å². The van der Waals surface area contributed by atoms with Crippen molar-refractivity contribution >= 4 is 5.69 Å². The van der Waals surface area contributed by atoms with Crippen molar-refractivity contribution in [2.24, 2.45) is 0 Å². The molecule has 0 heterocycles. The third kappa shape index (κ3) is 9.02. The topological polar surface area (TPSA) is 125 Å². The second kappa shape index (κ2) is 13.7. The maximum Gasteiger partial charge on any atom is 0.269 e.